The number of hydrogen-bond acceptors (Lipinski definition) is 5. The van der Waals surface area contributed by atoms with E-state index in [4.69, 9.17) is 12.2 Å². The van der Waals surface area contributed by atoms with Crippen molar-refractivity contribution in [2.75, 3.05) is 10.6 Å². The van der Waals surface area contributed by atoms with Crippen LogP contribution in [0.5, 0.6) is 0 Å². The molecule has 0 heterocycles. The molecule has 0 bridgehead atoms. The average molecular weight is 449 g/mol. The summed E-state index contributed by atoms with van der Waals surface area (Å²) in [5, 5.41) is 19.0. The Bertz CT molecular complexity index is 1120. The Hall–Kier alpha value is -4.11. The number of rotatable bonds is 7. The Morgan fingerprint density at radius 3 is 2.03 bits per heavy atom. The summed E-state index contributed by atoms with van der Waals surface area (Å²) in [6, 6.07) is 21.9. The molecule has 0 aromatic heterocycles. The molecular formula is C23H20N4O4S. The maximum atomic E-state index is 12.2. The van der Waals surface area contributed by atoms with Crippen molar-refractivity contribution in [1.82, 2.24) is 5.32 Å². The lowest BCUT2D eigenvalue weighted by molar-refractivity contribution is -0.384. The number of amides is 2. The van der Waals surface area contributed by atoms with Crippen molar-refractivity contribution in [3.63, 3.8) is 0 Å². The molecule has 0 aliphatic carbocycles. The van der Waals surface area contributed by atoms with Crippen LogP contribution in [0.1, 0.15) is 22.3 Å². The predicted molar refractivity (Wildman–Crippen MR) is 127 cm³/mol. The van der Waals surface area contributed by atoms with E-state index in [1.54, 1.807) is 24.3 Å². The fourth-order valence-corrected chi connectivity index (χ4v) is 3.05. The zero-order chi connectivity index (χ0) is 22.9. The van der Waals surface area contributed by atoms with Crippen molar-refractivity contribution in [3.05, 3.63) is 100 Å². The molecule has 0 fully saturated rings. The number of nitrogens with one attached hydrogen (secondary N) is 3. The molecule has 0 saturated heterocycles. The molecule has 0 radical (unpaired) electrons. The molecule has 0 aliphatic heterocycles. The van der Waals surface area contributed by atoms with Crippen LogP contribution in [-0.4, -0.2) is 21.9 Å². The molecular weight excluding hydrogens is 428 g/mol. The van der Waals surface area contributed by atoms with Crippen LogP contribution in [0, 0.1) is 10.1 Å². The number of aryl methyl sites for hydroxylation is 1. The highest BCUT2D eigenvalue weighted by Gasteiger charge is 2.11. The van der Waals surface area contributed by atoms with Gasteiger partial charge in [-0.05, 0) is 60.6 Å². The first kappa shape index (κ1) is 22.6. The van der Waals surface area contributed by atoms with Gasteiger partial charge in [-0.3, -0.25) is 25.0 Å². The zero-order valence-electron chi connectivity index (χ0n) is 16.9. The fraction of sp³-hybridized carbons (Fsp3) is 0.0870. The number of benzene rings is 3. The summed E-state index contributed by atoms with van der Waals surface area (Å²) in [6.07, 6.45) is 1.04. The number of thiocarbonyl (C=S) groups is 1. The van der Waals surface area contributed by atoms with E-state index in [0.717, 1.165) is 5.56 Å². The van der Waals surface area contributed by atoms with E-state index in [0.29, 0.717) is 24.2 Å². The van der Waals surface area contributed by atoms with Crippen LogP contribution in [0.15, 0.2) is 78.9 Å². The third kappa shape index (κ3) is 6.71. The molecule has 0 atom stereocenters. The smallest absolute Gasteiger partial charge is 0.269 e. The minimum absolute atomic E-state index is 0.0769. The van der Waals surface area contributed by atoms with Crippen LogP contribution < -0.4 is 16.0 Å². The summed E-state index contributed by atoms with van der Waals surface area (Å²) in [5.41, 5.74) is 2.52. The first-order valence-corrected chi connectivity index (χ1v) is 10.1. The van der Waals surface area contributed by atoms with Crippen LogP contribution in [0.4, 0.5) is 17.1 Å². The lowest BCUT2D eigenvalue weighted by Gasteiger charge is -2.11. The van der Waals surface area contributed by atoms with Crippen LogP contribution in [-0.2, 0) is 11.2 Å². The van der Waals surface area contributed by atoms with Gasteiger partial charge in [0.25, 0.3) is 11.6 Å². The summed E-state index contributed by atoms with van der Waals surface area (Å²) in [7, 11) is 0. The number of anilines is 2. The van der Waals surface area contributed by atoms with Gasteiger partial charge in [0.2, 0.25) is 5.91 Å². The number of carbonyl (C=O) groups excluding carboxylic acids is 2. The molecule has 2 amide bonds. The molecule has 0 saturated carbocycles. The summed E-state index contributed by atoms with van der Waals surface area (Å²) in [4.78, 5) is 34.5. The number of carbonyl (C=O) groups is 2. The minimum Gasteiger partial charge on any atom is -0.332 e. The lowest BCUT2D eigenvalue weighted by Crippen LogP contribution is -2.34. The van der Waals surface area contributed by atoms with Gasteiger partial charge in [0.1, 0.15) is 0 Å². The van der Waals surface area contributed by atoms with Crippen LogP contribution in [0.25, 0.3) is 0 Å². The van der Waals surface area contributed by atoms with Crippen molar-refractivity contribution in [2.45, 2.75) is 12.8 Å². The van der Waals surface area contributed by atoms with Gasteiger partial charge in [-0.25, -0.2) is 0 Å². The van der Waals surface area contributed by atoms with Gasteiger partial charge in [-0.15, -0.1) is 0 Å². The van der Waals surface area contributed by atoms with E-state index in [9.17, 15) is 19.7 Å². The number of non-ortho nitro benzene ring substituents is 1. The molecule has 162 valence electrons. The lowest BCUT2D eigenvalue weighted by atomic mass is 10.1. The number of hydrogen-bond donors (Lipinski definition) is 3. The zero-order valence-corrected chi connectivity index (χ0v) is 17.7. The van der Waals surface area contributed by atoms with Crippen LogP contribution in [0.3, 0.4) is 0 Å². The maximum Gasteiger partial charge on any atom is 0.269 e. The van der Waals surface area contributed by atoms with Crippen molar-refractivity contribution in [2.24, 2.45) is 0 Å². The van der Waals surface area contributed by atoms with Gasteiger partial charge < -0.3 is 10.6 Å². The Balaban J connectivity index is 1.47. The molecule has 3 aromatic carbocycles. The standard InChI is InChI=1S/C23H20N4O4S/c28-21(15-6-16-4-2-1-3-5-16)24-18-9-11-19(12-10-18)25-23(32)26-22(29)17-7-13-20(14-8-17)27(30)31/h1-5,7-14H,6,15H2,(H,24,28)(H2,25,26,29,32). The monoisotopic (exact) mass is 448 g/mol. The topological polar surface area (TPSA) is 113 Å². The van der Waals surface area contributed by atoms with E-state index in [1.165, 1.54) is 24.3 Å². The highest BCUT2D eigenvalue weighted by atomic mass is 32.1. The second-order valence-corrected chi connectivity index (χ2v) is 7.23. The Morgan fingerprint density at radius 1 is 0.844 bits per heavy atom. The molecule has 3 aromatic rings. The van der Waals surface area contributed by atoms with Gasteiger partial charge in [0, 0.05) is 35.5 Å². The molecule has 0 unspecified atom stereocenters. The largest absolute Gasteiger partial charge is 0.332 e. The van der Waals surface area contributed by atoms with Crippen LogP contribution >= 0.6 is 12.2 Å². The molecule has 0 aliphatic rings. The van der Waals surface area contributed by atoms with Crippen molar-refractivity contribution in [3.8, 4) is 0 Å². The molecule has 9 heteroatoms. The van der Waals surface area contributed by atoms with Crippen LogP contribution in [0.2, 0.25) is 0 Å². The van der Waals surface area contributed by atoms with Gasteiger partial charge in [0.15, 0.2) is 5.11 Å². The Morgan fingerprint density at radius 2 is 1.44 bits per heavy atom. The van der Waals surface area contributed by atoms with Crippen molar-refractivity contribution < 1.29 is 14.5 Å². The Labute approximate surface area is 189 Å². The third-order valence-corrected chi connectivity index (χ3v) is 4.68. The van der Waals surface area contributed by atoms with Crippen molar-refractivity contribution >= 4 is 46.2 Å². The normalized spacial score (nSPS) is 10.1. The van der Waals surface area contributed by atoms with Gasteiger partial charge in [0.05, 0.1) is 4.92 Å². The van der Waals surface area contributed by atoms with E-state index < -0.39 is 10.8 Å². The SMILES string of the molecule is O=C(CCc1ccccc1)Nc1ccc(NC(=S)NC(=O)c2ccc([N+](=O)[O-])cc2)cc1. The summed E-state index contributed by atoms with van der Waals surface area (Å²) in [5.74, 6) is -0.569. The molecule has 8 nitrogen and oxygen atoms in total. The molecule has 3 N–H and O–H groups in total. The van der Waals surface area contributed by atoms with E-state index in [1.807, 2.05) is 30.3 Å². The summed E-state index contributed by atoms with van der Waals surface area (Å²) < 4.78 is 0. The molecule has 32 heavy (non-hydrogen) atoms. The maximum absolute atomic E-state index is 12.2. The third-order valence-electron chi connectivity index (χ3n) is 4.48. The first-order valence-electron chi connectivity index (χ1n) is 9.71. The highest BCUT2D eigenvalue weighted by Crippen LogP contribution is 2.15. The fourth-order valence-electron chi connectivity index (χ4n) is 2.84. The average Bonchev–Trinajstić information content (AvgIpc) is 2.79. The molecule has 0 spiro atoms. The van der Waals surface area contributed by atoms with Gasteiger partial charge in [-0.1, -0.05) is 30.3 Å². The van der Waals surface area contributed by atoms with Gasteiger partial charge >= 0.3 is 0 Å². The minimum atomic E-state index is -0.538. The van der Waals surface area contributed by atoms with Crippen molar-refractivity contribution in [1.29, 1.82) is 0 Å². The second-order valence-electron chi connectivity index (χ2n) is 6.82. The number of nitro benzene ring substituents is 1. The molecule has 3 rings (SSSR count). The number of nitro groups is 1. The first-order chi connectivity index (χ1) is 15.4. The van der Waals surface area contributed by atoms with Gasteiger partial charge in [-0.2, -0.15) is 0 Å². The Kier molecular flexibility index (Phi) is 7.60. The van der Waals surface area contributed by atoms with E-state index >= 15 is 0 Å². The van der Waals surface area contributed by atoms with E-state index in [2.05, 4.69) is 16.0 Å². The quantitative estimate of drug-likeness (QED) is 0.282. The van der Waals surface area contributed by atoms with E-state index in [-0.39, 0.29) is 22.3 Å². The predicted octanol–water partition coefficient (Wildman–Crippen LogP) is 4.29. The summed E-state index contributed by atoms with van der Waals surface area (Å²) >= 11 is 5.14. The summed E-state index contributed by atoms with van der Waals surface area (Å²) in [6.45, 7) is 0. The number of nitrogens with zero attached hydrogens (tertiary/aromatic N) is 1. The highest BCUT2D eigenvalue weighted by molar-refractivity contribution is 7.80. The second kappa shape index (κ2) is 10.8.